The molecule has 0 aliphatic carbocycles. The monoisotopic (exact) mass is 253 g/mol. The molecule has 0 saturated heterocycles. The third kappa shape index (κ3) is 2.44. The van der Waals surface area contributed by atoms with E-state index in [1.807, 2.05) is 36.4 Å². The van der Waals surface area contributed by atoms with Crippen LogP contribution in [0.1, 0.15) is 11.0 Å². The molecule has 0 bridgehead atoms. The van der Waals surface area contributed by atoms with E-state index in [0.717, 1.165) is 15.3 Å². The lowest BCUT2D eigenvalue weighted by Crippen LogP contribution is -2.09. The highest BCUT2D eigenvalue weighted by Gasteiger charge is 2.09. The maximum atomic E-state index is 9.60. The SMILES string of the molecule is NCC(O)c1ccc(-c2cccc(Cl)c2)s1. The predicted molar refractivity (Wildman–Crippen MR) is 68.8 cm³/mol. The number of aliphatic hydroxyl groups excluding tert-OH is 1. The van der Waals surface area contributed by atoms with Gasteiger partial charge in [0.05, 0.1) is 0 Å². The van der Waals surface area contributed by atoms with Gasteiger partial charge in [-0.1, -0.05) is 23.7 Å². The normalized spacial score (nSPS) is 12.7. The van der Waals surface area contributed by atoms with Crippen LogP contribution in [-0.2, 0) is 0 Å². The maximum absolute atomic E-state index is 9.60. The zero-order valence-corrected chi connectivity index (χ0v) is 10.1. The van der Waals surface area contributed by atoms with Gasteiger partial charge in [-0.15, -0.1) is 11.3 Å². The second-order valence-corrected chi connectivity index (χ2v) is 5.02. The van der Waals surface area contributed by atoms with E-state index >= 15 is 0 Å². The van der Waals surface area contributed by atoms with Crippen LogP contribution in [0.4, 0.5) is 0 Å². The van der Waals surface area contributed by atoms with Crippen LogP contribution in [0, 0.1) is 0 Å². The molecule has 16 heavy (non-hydrogen) atoms. The summed E-state index contributed by atoms with van der Waals surface area (Å²) in [5, 5.41) is 10.3. The first-order chi connectivity index (χ1) is 7.70. The van der Waals surface area contributed by atoms with E-state index in [0.29, 0.717) is 5.02 Å². The van der Waals surface area contributed by atoms with E-state index in [4.69, 9.17) is 17.3 Å². The molecular formula is C12H12ClNOS. The van der Waals surface area contributed by atoms with Gasteiger partial charge >= 0.3 is 0 Å². The number of benzene rings is 1. The van der Waals surface area contributed by atoms with Gasteiger partial charge in [0.1, 0.15) is 6.10 Å². The first kappa shape index (κ1) is 11.6. The van der Waals surface area contributed by atoms with Gasteiger partial charge in [-0.25, -0.2) is 0 Å². The molecule has 3 N–H and O–H groups in total. The highest BCUT2D eigenvalue weighted by molar-refractivity contribution is 7.15. The number of hydrogen-bond acceptors (Lipinski definition) is 3. The van der Waals surface area contributed by atoms with Gasteiger partial charge in [-0.2, -0.15) is 0 Å². The molecule has 1 aromatic carbocycles. The van der Waals surface area contributed by atoms with Crippen molar-refractivity contribution < 1.29 is 5.11 Å². The molecule has 2 nitrogen and oxygen atoms in total. The number of hydrogen-bond donors (Lipinski definition) is 2. The highest BCUT2D eigenvalue weighted by Crippen LogP contribution is 2.32. The standard InChI is InChI=1S/C12H12ClNOS/c13-9-3-1-2-8(6-9)11-4-5-12(16-11)10(15)7-14/h1-6,10,15H,7,14H2. The van der Waals surface area contributed by atoms with Gasteiger partial charge in [0.25, 0.3) is 0 Å². The summed E-state index contributed by atoms with van der Waals surface area (Å²) in [6.45, 7) is 0.246. The molecule has 1 unspecified atom stereocenters. The molecule has 4 heteroatoms. The van der Waals surface area contributed by atoms with Crippen molar-refractivity contribution in [3.05, 3.63) is 46.3 Å². The van der Waals surface area contributed by atoms with Crippen molar-refractivity contribution in [3.63, 3.8) is 0 Å². The summed E-state index contributed by atoms with van der Waals surface area (Å²) in [6, 6.07) is 11.5. The number of aliphatic hydroxyl groups is 1. The summed E-state index contributed by atoms with van der Waals surface area (Å²) in [7, 11) is 0. The molecule has 1 atom stereocenters. The minimum atomic E-state index is -0.571. The van der Waals surface area contributed by atoms with E-state index < -0.39 is 6.10 Å². The lowest BCUT2D eigenvalue weighted by atomic mass is 10.2. The Morgan fingerprint density at radius 3 is 2.81 bits per heavy atom. The molecule has 84 valence electrons. The van der Waals surface area contributed by atoms with E-state index in [9.17, 15) is 5.11 Å². The van der Waals surface area contributed by atoms with Crippen LogP contribution in [0.15, 0.2) is 36.4 Å². The summed E-state index contributed by atoms with van der Waals surface area (Å²) in [5.41, 5.74) is 6.47. The van der Waals surface area contributed by atoms with E-state index in [1.54, 1.807) is 0 Å². The van der Waals surface area contributed by atoms with Crippen LogP contribution in [0.3, 0.4) is 0 Å². The zero-order chi connectivity index (χ0) is 11.5. The highest BCUT2D eigenvalue weighted by atomic mass is 35.5. The number of nitrogens with two attached hydrogens (primary N) is 1. The Morgan fingerprint density at radius 1 is 1.31 bits per heavy atom. The van der Waals surface area contributed by atoms with Gasteiger partial charge in [0, 0.05) is 21.3 Å². The summed E-state index contributed by atoms with van der Waals surface area (Å²) >= 11 is 7.47. The fourth-order valence-corrected chi connectivity index (χ4v) is 2.64. The van der Waals surface area contributed by atoms with Crippen molar-refractivity contribution in [1.82, 2.24) is 0 Å². The average Bonchev–Trinajstić information content (AvgIpc) is 2.77. The van der Waals surface area contributed by atoms with Crippen LogP contribution in [0.2, 0.25) is 5.02 Å². The summed E-state index contributed by atoms with van der Waals surface area (Å²) in [6.07, 6.45) is -0.571. The summed E-state index contributed by atoms with van der Waals surface area (Å²) in [5.74, 6) is 0. The molecule has 0 radical (unpaired) electrons. The fourth-order valence-electron chi connectivity index (χ4n) is 1.44. The van der Waals surface area contributed by atoms with Crippen LogP contribution < -0.4 is 5.73 Å². The molecule has 0 spiro atoms. The van der Waals surface area contributed by atoms with E-state index in [2.05, 4.69) is 0 Å². The van der Waals surface area contributed by atoms with Crippen LogP contribution in [-0.4, -0.2) is 11.7 Å². The minimum absolute atomic E-state index is 0.246. The van der Waals surface area contributed by atoms with Crippen LogP contribution in [0.25, 0.3) is 10.4 Å². The van der Waals surface area contributed by atoms with Gasteiger partial charge in [-0.3, -0.25) is 0 Å². The lowest BCUT2D eigenvalue weighted by molar-refractivity contribution is 0.190. The fraction of sp³-hybridized carbons (Fsp3) is 0.167. The Balaban J connectivity index is 2.31. The first-order valence-corrected chi connectivity index (χ1v) is 6.14. The molecule has 2 aromatic rings. The second kappa shape index (κ2) is 4.97. The Bertz CT molecular complexity index is 483. The van der Waals surface area contributed by atoms with Crippen LogP contribution >= 0.6 is 22.9 Å². The van der Waals surface area contributed by atoms with Crippen molar-refractivity contribution in [2.45, 2.75) is 6.10 Å². The zero-order valence-electron chi connectivity index (χ0n) is 8.56. The Morgan fingerprint density at radius 2 is 2.12 bits per heavy atom. The molecule has 0 amide bonds. The van der Waals surface area contributed by atoms with Gasteiger partial charge in [-0.05, 0) is 29.8 Å². The third-order valence-electron chi connectivity index (χ3n) is 2.29. The molecule has 2 rings (SSSR count). The Hall–Kier alpha value is -0.870. The van der Waals surface area contributed by atoms with Crippen molar-refractivity contribution in [3.8, 4) is 10.4 Å². The molecule has 1 aromatic heterocycles. The average molecular weight is 254 g/mol. The third-order valence-corrected chi connectivity index (χ3v) is 3.76. The second-order valence-electron chi connectivity index (χ2n) is 3.46. The number of thiophene rings is 1. The van der Waals surface area contributed by atoms with Gasteiger partial charge in [0.2, 0.25) is 0 Å². The molecule has 0 fully saturated rings. The smallest absolute Gasteiger partial charge is 0.100 e. The molecule has 1 heterocycles. The lowest BCUT2D eigenvalue weighted by Gasteiger charge is -2.03. The molecular weight excluding hydrogens is 242 g/mol. The Labute approximate surface area is 103 Å². The predicted octanol–water partition coefficient (Wildman–Crippen LogP) is 3.06. The number of halogens is 1. The largest absolute Gasteiger partial charge is 0.386 e. The first-order valence-electron chi connectivity index (χ1n) is 4.94. The van der Waals surface area contributed by atoms with Gasteiger partial charge in [0.15, 0.2) is 0 Å². The van der Waals surface area contributed by atoms with Gasteiger partial charge < -0.3 is 10.8 Å². The Kier molecular flexibility index (Phi) is 3.61. The quantitative estimate of drug-likeness (QED) is 0.883. The summed E-state index contributed by atoms with van der Waals surface area (Å²) < 4.78 is 0. The maximum Gasteiger partial charge on any atom is 0.100 e. The molecule has 0 aliphatic rings. The molecule has 0 saturated carbocycles. The van der Waals surface area contributed by atoms with Crippen molar-refractivity contribution in [2.24, 2.45) is 5.73 Å². The summed E-state index contributed by atoms with van der Waals surface area (Å²) in [4.78, 5) is 1.97. The minimum Gasteiger partial charge on any atom is -0.386 e. The topological polar surface area (TPSA) is 46.2 Å². The van der Waals surface area contributed by atoms with Crippen molar-refractivity contribution in [1.29, 1.82) is 0 Å². The van der Waals surface area contributed by atoms with Crippen molar-refractivity contribution >= 4 is 22.9 Å². The van der Waals surface area contributed by atoms with Crippen LogP contribution in [0.5, 0.6) is 0 Å². The molecule has 0 aliphatic heterocycles. The van der Waals surface area contributed by atoms with E-state index in [1.165, 1.54) is 11.3 Å². The number of rotatable bonds is 3. The van der Waals surface area contributed by atoms with Crippen molar-refractivity contribution in [2.75, 3.05) is 6.54 Å². The van der Waals surface area contributed by atoms with E-state index in [-0.39, 0.29) is 6.54 Å².